The Kier molecular flexibility index (Phi) is 39.1. The largest absolute Gasteiger partial charge is 0.647 e. The standard InChI is InChI=1S/C42H84O6Si/c1-5-8-11-13-15-17-19-21-23-25-27-29-31-33-35-38-41(43)46-49(48-45-40(4)37-10-7-3)47-42(44)39-36-34-32-30-28-26-24-22-20-18-16-14-12-9-6-2/h40,49H,5-39H2,1-4H3. The van der Waals surface area contributed by atoms with Crippen LogP contribution in [0.15, 0.2) is 0 Å². The molecule has 0 aromatic heterocycles. The highest BCUT2D eigenvalue weighted by molar-refractivity contribution is 6.41. The summed E-state index contributed by atoms with van der Waals surface area (Å²) in [4.78, 5) is 30.6. The van der Waals surface area contributed by atoms with Crippen molar-refractivity contribution in [3.05, 3.63) is 0 Å². The molecule has 0 saturated heterocycles. The van der Waals surface area contributed by atoms with Gasteiger partial charge in [-0.05, 0) is 26.2 Å². The fourth-order valence-electron chi connectivity index (χ4n) is 6.36. The minimum Gasteiger partial charge on any atom is -0.465 e. The number of hydrogen-bond donors (Lipinski definition) is 0. The number of unbranched alkanes of at least 4 members (excludes halogenated alkanes) is 29. The molecule has 0 aliphatic heterocycles. The zero-order valence-electron chi connectivity index (χ0n) is 33.4. The van der Waals surface area contributed by atoms with Gasteiger partial charge >= 0.3 is 9.53 Å². The lowest BCUT2D eigenvalue weighted by atomic mass is 10.0. The minimum absolute atomic E-state index is 0.140. The van der Waals surface area contributed by atoms with Gasteiger partial charge in [0.2, 0.25) is 0 Å². The third kappa shape index (κ3) is 38.1. The molecule has 0 heterocycles. The zero-order chi connectivity index (χ0) is 35.9. The molecule has 6 nitrogen and oxygen atoms in total. The predicted octanol–water partition coefficient (Wildman–Crippen LogP) is 13.8. The van der Waals surface area contributed by atoms with Crippen LogP contribution in [-0.4, -0.2) is 27.6 Å². The van der Waals surface area contributed by atoms with Crippen molar-refractivity contribution >= 4 is 21.5 Å². The molecule has 0 spiro atoms. The maximum atomic E-state index is 12.6. The molecule has 0 radical (unpaired) electrons. The van der Waals surface area contributed by atoms with Crippen LogP contribution in [0.3, 0.4) is 0 Å². The Labute approximate surface area is 307 Å². The molecular formula is C42H84O6Si. The average Bonchev–Trinajstić information content (AvgIpc) is 3.09. The molecule has 0 aliphatic carbocycles. The maximum absolute atomic E-state index is 12.6. The van der Waals surface area contributed by atoms with Gasteiger partial charge in [0.15, 0.2) is 0 Å². The van der Waals surface area contributed by atoms with Crippen LogP contribution in [0.5, 0.6) is 0 Å². The molecule has 0 saturated carbocycles. The highest BCUT2D eigenvalue weighted by Gasteiger charge is 2.27. The molecule has 0 N–H and O–H groups in total. The zero-order valence-corrected chi connectivity index (χ0v) is 34.5. The van der Waals surface area contributed by atoms with Crippen LogP contribution in [0.1, 0.15) is 252 Å². The molecular weight excluding hydrogens is 629 g/mol. The van der Waals surface area contributed by atoms with Crippen LogP contribution < -0.4 is 0 Å². The van der Waals surface area contributed by atoms with E-state index in [9.17, 15) is 9.59 Å². The van der Waals surface area contributed by atoms with E-state index in [0.717, 1.165) is 57.8 Å². The highest BCUT2D eigenvalue weighted by Crippen LogP contribution is 2.16. The Morgan fingerprint density at radius 2 is 0.673 bits per heavy atom. The molecule has 0 aromatic carbocycles. The van der Waals surface area contributed by atoms with Gasteiger partial charge in [-0.15, -0.1) is 0 Å². The lowest BCUT2D eigenvalue weighted by Gasteiger charge is -2.18. The van der Waals surface area contributed by atoms with E-state index in [1.54, 1.807) is 0 Å². The summed E-state index contributed by atoms with van der Waals surface area (Å²) in [6, 6.07) is 0. The number of hydrogen-bond acceptors (Lipinski definition) is 6. The van der Waals surface area contributed by atoms with Crippen molar-refractivity contribution in [1.82, 2.24) is 0 Å². The Morgan fingerprint density at radius 3 is 0.959 bits per heavy atom. The van der Waals surface area contributed by atoms with Crippen LogP contribution in [0, 0.1) is 0 Å². The lowest BCUT2D eigenvalue weighted by molar-refractivity contribution is -0.268. The van der Waals surface area contributed by atoms with Crippen molar-refractivity contribution in [3.8, 4) is 0 Å². The van der Waals surface area contributed by atoms with Crippen LogP contribution in [0.2, 0.25) is 0 Å². The van der Waals surface area contributed by atoms with Gasteiger partial charge in [-0.2, -0.15) is 0 Å². The number of carbonyl (C=O) groups is 2. The SMILES string of the molecule is CCCCCCCCCCCCCCCCCC(=O)O[SiH](OOC(C)CCCC)OC(=O)CCCCCCCCCCCCCCCCC. The van der Waals surface area contributed by atoms with Gasteiger partial charge in [0.1, 0.15) is 0 Å². The molecule has 292 valence electrons. The molecule has 0 bridgehead atoms. The Balaban J connectivity index is 4.02. The Morgan fingerprint density at radius 1 is 0.408 bits per heavy atom. The van der Waals surface area contributed by atoms with Crippen molar-refractivity contribution < 1.29 is 27.9 Å². The first kappa shape index (κ1) is 48.1. The summed E-state index contributed by atoms with van der Waals surface area (Å²) in [5.41, 5.74) is 0. The molecule has 1 atom stereocenters. The summed E-state index contributed by atoms with van der Waals surface area (Å²) in [6.45, 7) is 8.60. The van der Waals surface area contributed by atoms with Crippen molar-refractivity contribution in [3.63, 3.8) is 0 Å². The molecule has 0 aliphatic rings. The van der Waals surface area contributed by atoms with E-state index in [4.69, 9.17) is 18.3 Å². The molecule has 49 heavy (non-hydrogen) atoms. The molecule has 0 fully saturated rings. The van der Waals surface area contributed by atoms with Crippen LogP contribution in [-0.2, 0) is 27.9 Å². The van der Waals surface area contributed by atoms with E-state index < -0.39 is 9.53 Å². The summed E-state index contributed by atoms with van der Waals surface area (Å²) >= 11 is 0. The van der Waals surface area contributed by atoms with E-state index in [1.807, 2.05) is 6.92 Å². The van der Waals surface area contributed by atoms with Crippen LogP contribution in [0.4, 0.5) is 0 Å². The van der Waals surface area contributed by atoms with Gasteiger partial charge < -0.3 is 8.85 Å². The summed E-state index contributed by atoms with van der Waals surface area (Å²) in [7, 11) is -3.05. The predicted molar refractivity (Wildman–Crippen MR) is 210 cm³/mol. The van der Waals surface area contributed by atoms with Gasteiger partial charge in [-0.25, -0.2) is 9.46 Å². The van der Waals surface area contributed by atoms with Crippen molar-refractivity contribution in [2.75, 3.05) is 0 Å². The van der Waals surface area contributed by atoms with E-state index in [1.165, 1.54) is 154 Å². The first-order valence-electron chi connectivity index (χ1n) is 21.7. The Hall–Kier alpha value is -0.923. The quantitative estimate of drug-likeness (QED) is 0.0273. The molecule has 0 rings (SSSR count). The monoisotopic (exact) mass is 713 g/mol. The number of rotatable bonds is 40. The summed E-state index contributed by atoms with van der Waals surface area (Å²) in [6.07, 6.45) is 41.9. The van der Waals surface area contributed by atoms with E-state index >= 15 is 0 Å². The second kappa shape index (κ2) is 39.9. The minimum atomic E-state index is -3.05. The fraction of sp³-hybridized carbons (Fsp3) is 0.952. The second-order valence-electron chi connectivity index (χ2n) is 14.8. The van der Waals surface area contributed by atoms with Crippen molar-refractivity contribution in [1.29, 1.82) is 0 Å². The highest BCUT2D eigenvalue weighted by atomic mass is 28.3. The average molecular weight is 713 g/mol. The van der Waals surface area contributed by atoms with Crippen molar-refractivity contribution in [2.45, 2.75) is 259 Å². The third-order valence-electron chi connectivity index (χ3n) is 9.69. The molecule has 7 heteroatoms. The fourth-order valence-corrected chi connectivity index (χ4v) is 7.43. The summed E-state index contributed by atoms with van der Waals surface area (Å²) in [5.74, 6) is -0.702. The van der Waals surface area contributed by atoms with E-state index in [2.05, 4.69) is 20.8 Å². The van der Waals surface area contributed by atoms with Crippen LogP contribution >= 0.6 is 0 Å². The van der Waals surface area contributed by atoms with E-state index in [0.29, 0.717) is 12.8 Å². The topological polar surface area (TPSA) is 71.1 Å². The Bertz CT molecular complexity index is 642. The number of carbonyl (C=O) groups excluding carboxylic acids is 2. The van der Waals surface area contributed by atoms with E-state index in [-0.39, 0.29) is 18.0 Å². The first-order valence-corrected chi connectivity index (χ1v) is 23.2. The normalized spacial score (nSPS) is 12.1. The second-order valence-corrected chi connectivity index (χ2v) is 16.1. The van der Waals surface area contributed by atoms with Gasteiger partial charge in [0.05, 0.1) is 6.10 Å². The molecule has 1 unspecified atom stereocenters. The lowest BCUT2D eigenvalue weighted by Crippen LogP contribution is -2.34. The summed E-state index contributed by atoms with van der Waals surface area (Å²) in [5, 5.41) is 0. The van der Waals surface area contributed by atoms with Gasteiger partial charge in [0.25, 0.3) is 11.9 Å². The summed E-state index contributed by atoms with van der Waals surface area (Å²) < 4.78 is 16.5. The first-order chi connectivity index (χ1) is 24.0. The van der Waals surface area contributed by atoms with Gasteiger partial charge in [-0.1, -0.05) is 213 Å². The molecule has 0 aromatic rings. The van der Waals surface area contributed by atoms with Gasteiger partial charge in [0, 0.05) is 12.8 Å². The van der Waals surface area contributed by atoms with Crippen molar-refractivity contribution in [2.24, 2.45) is 0 Å². The molecule has 0 amide bonds. The smallest absolute Gasteiger partial charge is 0.465 e. The van der Waals surface area contributed by atoms with Gasteiger partial charge in [-0.3, -0.25) is 9.59 Å². The maximum Gasteiger partial charge on any atom is 0.647 e. The third-order valence-corrected chi connectivity index (χ3v) is 10.9. The van der Waals surface area contributed by atoms with Crippen LogP contribution in [0.25, 0.3) is 0 Å².